The summed E-state index contributed by atoms with van der Waals surface area (Å²) in [7, 11) is -2.89. The lowest BCUT2D eigenvalue weighted by Crippen LogP contribution is -2.42. The van der Waals surface area contributed by atoms with E-state index in [0.717, 1.165) is 12.1 Å². The standard InChI is InChI=1S/C11H13N3O5S/c1-11(2,7-12)13-20(17,18)10-5-4-8(19-3)6-9(10)14(15)16/h4-6,13H,1-3H3. The Morgan fingerprint density at radius 2 is 2.05 bits per heavy atom. The lowest BCUT2D eigenvalue weighted by Gasteiger charge is -2.17. The van der Waals surface area contributed by atoms with Crippen LogP contribution >= 0.6 is 0 Å². The Bertz CT molecular complexity index is 676. The summed E-state index contributed by atoms with van der Waals surface area (Å²) in [4.78, 5) is 9.62. The second kappa shape index (κ2) is 5.44. The number of nitro groups is 1. The molecule has 0 heterocycles. The largest absolute Gasteiger partial charge is 0.497 e. The number of nitro benzene ring substituents is 1. The van der Waals surface area contributed by atoms with Crippen LogP contribution in [0.4, 0.5) is 5.69 Å². The third kappa shape index (κ3) is 3.43. The van der Waals surface area contributed by atoms with Gasteiger partial charge in [0.25, 0.3) is 5.69 Å². The highest BCUT2D eigenvalue weighted by atomic mass is 32.2. The minimum absolute atomic E-state index is 0.162. The van der Waals surface area contributed by atoms with Crippen molar-refractivity contribution in [1.82, 2.24) is 4.72 Å². The predicted octanol–water partition coefficient (Wildman–Crippen LogP) is 1.18. The van der Waals surface area contributed by atoms with E-state index in [9.17, 15) is 18.5 Å². The molecule has 0 bridgehead atoms. The van der Waals surface area contributed by atoms with Gasteiger partial charge in [0.15, 0.2) is 4.90 Å². The average molecular weight is 299 g/mol. The molecule has 9 heteroatoms. The lowest BCUT2D eigenvalue weighted by molar-refractivity contribution is -0.387. The van der Waals surface area contributed by atoms with Gasteiger partial charge in [0.05, 0.1) is 24.2 Å². The fourth-order valence-corrected chi connectivity index (χ4v) is 2.89. The molecule has 0 atom stereocenters. The molecule has 0 amide bonds. The first-order valence-corrected chi connectivity index (χ1v) is 6.89. The molecule has 0 saturated heterocycles. The van der Waals surface area contributed by atoms with Gasteiger partial charge in [-0.1, -0.05) is 0 Å². The Kier molecular flexibility index (Phi) is 4.32. The van der Waals surface area contributed by atoms with Crippen LogP contribution in [0.15, 0.2) is 23.1 Å². The van der Waals surface area contributed by atoms with Crippen molar-refractivity contribution in [2.45, 2.75) is 24.3 Å². The van der Waals surface area contributed by atoms with Crippen molar-refractivity contribution in [2.75, 3.05) is 7.11 Å². The van der Waals surface area contributed by atoms with Crippen molar-refractivity contribution < 1.29 is 18.1 Å². The number of nitrogens with one attached hydrogen (secondary N) is 1. The summed E-state index contributed by atoms with van der Waals surface area (Å²) in [6.45, 7) is 2.69. The number of benzene rings is 1. The van der Waals surface area contributed by atoms with E-state index < -0.39 is 31.1 Å². The normalized spacial score (nSPS) is 11.7. The zero-order chi connectivity index (χ0) is 15.6. The van der Waals surface area contributed by atoms with Gasteiger partial charge in [-0.2, -0.15) is 9.98 Å². The third-order valence-corrected chi connectivity index (χ3v) is 4.02. The number of hydrogen-bond acceptors (Lipinski definition) is 6. The monoisotopic (exact) mass is 299 g/mol. The van der Waals surface area contributed by atoms with Gasteiger partial charge >= 0.3 is 0 Å². The lowest BCUT2D eigenvalue weighted by atomic mass is 10.1. The predicted molar refractivity (Wildman–Crippen MR) is 69.7 cm³/mol. The summed E-state index contributed by atoms with van der Waals surface area (Å²) in [5, 5.41) is 19.8. The van der Waals surface area contributed by atoms with Gasteiger partial charge in [0.1, 0.15) is 11.3 Å². The van der Waals surface area contributed by atoms with Crippen molar-refractivity contribution in [2.24, 2.45) is 0 Å². The second-order valence-corrected chi connectivity index (χ2v) is 6.08. The van der Waals surface area contributed by atoms with Gasteiger partial charge < -0.3 is 4.74 Å². The Labute approximate surface area is 116 Å². The maximum absolute atomic E-state index is 12.1. The molecule has 1 N–H and O–H groups in total. The van der Waals surface area contributed by atoms with Gasteiger partial charge in [-0.15, -0.1) is 0 Å². The Hall–Kier alpha value is -2.18. The summed E-state index contributed by atoms with van der Waals surface area (Å²) in [6.07, 6.45) is 0. The molecule has 108 valence electrons. The molecule has 0 radical (unpaired) electrons. The van der Waals surface area contributed by atoms with Crippen LogP contribution in [0.25, 0.3) is 0 Å². The van der Waals surface area contributed by atoms with Crippen molar-refractivity contribution in [3.63, 3.8) is 0 Å². The van der Waals surface area contributed by atoms with Crippen molar-refractivity contribution in [3.05, 3.63) is 28.3 Å². The number of hydrogen-bond donors (Lipinski definition) is 1. The number of methoxy groups -OCH3 is 1. The first-order chi connectivity index (χ1) is 9.13. The van der Waals surface area contributed by atoms with Crippen LogP contribution in [0.5, 0.6) is 5.75 Å². The van der Waals surface area contributed by atoms with Crippen LogP contribution in [0.2, 0.25) is 0 Å². The van der Waals surface area contributed by atoms with Gasteiger partial charge in [-0.05, 0) is 26.0 Å². The van der Waals surface area contributed by atoms with Crippen LogP contribution in [0.3, 0.4) is 0 Å². The van der Waals surface area contributed by atoms with E-state index >= 15 is 0 Å². The zero-order valence-electron chi connectivity index (χ0n) is 11.1. The topological polar surface area (TPSA) is 122 Å². The molecule has 8 nitrogen and oxygen atoms in total. The van der Waals surface area contributed by atoms with Crippen LogP contribution < -0.4 is 9.46 Å². The zero-order valence-corrected chi connectivity index (χ0v) is 11.9. The first-order valence-electron chi connectivity index (χ1n) is 5.40. The van der Waals surface area contributed by atoms with E-state index in [1.165, 1.54) is 27.0 Å². The van der Waals surface area contributed by atoms with Gasteiger partial charge in [0, 0.05) is 0 Å². The van der Waals surface area contributed by atoms with Crippen molar-refractivity contribution >= 4 is 15.7 Å². The summed E-state index contributed by atoms with van der Waals surface area (Å²) in [5.74, 6) is 0.162. The fourth-order valence-electron chi connectivity index (χ4n) is 1.41. The SMILES string of the molecule is COc1ccc(S(=O)(=O)NC(C)(C)C#N)c([N+](=O)[O-])c1. The number of ether oxygens (including phenoxy) is 1. The number of sulfonamides is 1. The average Bonchev–Trinajstić information content (AvgIpc) is 2.36. The van der Waals surface area contributed by atoms with Crippen LogP contribution in [-0.2, 0) is 10.0 Å². The molecule has 0 fully saturated rings. The molecule has 1 rings (SSSR count). The second-order valence-electron chi connectivity index (χ2n) is 4.43. The van der Waals surface area contributed by atoms with Crippen LogP contribution in [0, 0.1) is 21.4 Å². The molecule has 0 aromatic heterocycles. The molecular formula is C11H13N3O5S. The molecule has 1 aromatic carbocycles. The van der Waals surface area contributed by atoms with Crippen molar-refractivity contribution in [1.29, 1.82) is 5.26 Å². The Morgan fingerprint density at radius 3 is 2.50 bits per heavy atom. The highest BCUT2D eigenvalue weighted by Gasteiger charge is 2.31. The smallest absolute Gasteiger partial charge is 0.293 e. The molecule has 0 spiro atoms. The highest BCUT2D eigenvalue weighted by molar-refractivity contribution is 7.89. The van der Waals surface area contributed by atoms with E-state index in [2.05, 4.69) is 4.72 Å². The summed E-state index contributed by atoms with van der Waals surface area (Å²) >= 11 is 0. The molecule has 0 saturated carbocycles. The summed E-state index contributed by atoms with van der Waals surface area (Å²) in [5.41, 5.74) is -2.00. The van der Waals surface area contributed by atoms with E-state index in [4.69, 9.17) is 10.00 Å². The highest BCUT2D eigenvalue weighted by Crippen LogP contribution is 2.28. The van der Waals surface area contributed by atoms with Crippen molar-refractivity contribution in [3.8, 4) is 11.8 Å². The summed E-state index contributed by atoms with van der Waals surface area (Å²) < 4.78 is 31.2. The maximum Gasteiger partial charge on any atom is 0.293 e. The number of nitrogens with zero attached hydrogens (tertiary/aromatic N) is 2. The molecular weight excluding hydrogens is 286 g/mol. The molecule has 0 aliphatic carbocycles. The maximum atomic E-state index is 12.1. The molecule has 20 heavy (non-hydrogen) atoms. The third-order valence-electron chi connectivity index (χ3n) is 2.32. The van der Waals surface area contributed by atoms with Gasteiger partial charge in [-0.3, -0.25) is 10.1 Å². The Morgan fingerprint density at radius 1 is 1.45 bits per heavy atom. The molecule has 1 aromatic rings. The first kappa shape index (κ1) is 15.9. The summed E-state index contributed by atoms with van der Waals surface area (Å²) in [6, 6.07) is 5.12. The Balaban J connectivity index is 3.40. The van der Waals surface area contributed by atoms with E-state index in [-0.39, 0.29) is 5.75 Å². The van der Waals surface area contributed by atoms with E-state index in [1.54, 1.807) is 6.07 Å². The van der Waals surface area contributed by atoms with E-state index in [0.29, 0.717) is 0 Å². The van der Waals surface area contributed by atoms with Gasteiger partial charge in [0.2, 0.25) is 10.0 Å². The fraction of sp³-hybridized carbons (Fsp3) is 0.364. The van der Waals surface area contributed by atoms with Crippen LogP contribution in [-0.4, -0.2) is 26.0 Å². The minimum atomic E-state index is -4.20. The van der Waals surface area contributed by atoms with E-state index in [1.807, 2.05) is 0 Å². The quantitative estimate of drug-likeness (QED) is 0.643. The van der Waals surface area contributed by atoms with Crippen LogP contribution in [0.1, 0.15) is 13.8 Å². The molecule has 0 aliphatic rings. The minimum Gasteiger partial charge on any atom is -0.497 e. The van der Waals surface area contributed by atoms with Gasteiger partial charge in [-0.25, -0.2) is 8.42 Å². The number of nitriles is 1. The molecule has 0 unspecified atom stereocenters. The molecule has 0 aliphatic heterocycles. The number of rotatable bonds is 5.